The lowest BCUT2D eigenvalue weighted by molar-refractivity contribution is -0.384. The smallest absolute Gasteiger partial charge is 0.269 e. The third kappa shape index (κ3) is 4.84. The lowest BCUT2D eigenvalue weighted by Gasteiger charge is -2.25. The SMILES string of the molecule is CCCC(C)(C)NCCc1ccc([N+](=O)[O-])cc1. The van der Waals surface area contributed by atoms with Crippen LogP contribution in [0, 0.1) is 10.1 Å². The number of nitrogens with zero attached hydrogens (tertiary/aromatic N) is 1. The van der Waals surface area contributed by atoms with Crippen molar-refractivity contribution < 1.29 is 4.92 Å². The Bertz CT molecular complexity index is 385. The van der Waals surface area contributed by atoms with Crippen LogP contribution in [0.15, 0.2) is 24.3 Å². The van der Waals surface area contributed by atoms with Gasteiger partial charge in [0.25, 0.3) is 5.69 Å². The van der Waals surface area contributed by atoms with E-state index in [0.717, 1.165) is 31.4 Å². The average molecular weight is 250 g/mol. The Kier molecular flexibility index (Phi) is 5.28. The van der Waals surface area contributed by atoms with E-state index in [1.54, 1.807) is 12.1 Å². The second kappa shape index (κ2) is 6.50. The molecule has 4 nitrogen and oxygen atoms in total. The molecule has 0 heterocycles. The summed E-state index contributed by atoms with van der Waals surface area (Å²) in [5.74, 6) is 0. The van der Waals surface area contributed by atoms with Gasteiger partial charge < -0.3 is 5.32 Å². The van der Waals surface area contributed by atoms with Crippen LogP contribution in [0.4, 0.5) is 5.69 Å². The van der Waals surface area contributed by atoms with Gasteiger partial charge in [0.1, 0.15) is 0 Å². The van der Waals surface area contributed by atoms with Crippen molar-refractivity contribution >= 4 is 5.69 Å². The highest BCUT2D eigenvalue weighted by atomic mass is 16.6. The molecular weight excluding hydrogens is 228 g/mol. The van der Waals surface area contributed by atoms with Gasteiger partial charge in [0, 0.05) is 17.7 Å². The van der Waals surface area contributed by atoms with Crippen molar-refractivity contribution in [1.82, 2.24) is 5.32 Å². The first kappa shape index (κ1) is 14.6. The summed E-state index contributed by atoms with van der Waals surface area (Å²) in [7, 11) is 0. The van der Waals surface area contributed by atoms with Crippen LogP contribution in [0.1, 0.15) is 39.2 Å². The van der Waals surface area contributed by atoms with Gasteiger partial charge in [-0.2, -0.15) is 0 Å². The lowest BCUT2D eigenvalue weighted by Crippen LogP contribution is -2.40. The maximum absolute atomic E-state index is 10.5. The molecule has 4 heteroatoms. The third-order valence-corrected chi connectivity index (χ3v) is 3.04. The Balaban J connectivity index is 2.42. The molecule has 0 saturated carbocycles. The molecule has 1 N–H and O–H groups in total. The fourth-order valence-corrected chi connectivity index (χ4v) is 2.04. The summed E-state index contributed by atoms with van der Waals surface area (Å²) in [5.41, 5.74) is 1.44. The van der Waals surface area contributed by atoms with Crippen LogP contribution in [-0.4, -0.2) is 17.0 Å². The van der Waals surface area contributed by atoms with Crippen molar-refractivity contribution in [1.29, 1.82) is 0 Å². The average Bonchev–Trinajstić information content (AvgIpc) is 2.29. The molecule has 0 aromatic heterocycles. The Morgan fingerprint density at radius 3 is 2.39 bits per heavy atom. The number of non-ortho nitro benzene ring substituents is 1. The molecule has 0 aliphatic rings. The molecule has 1 aromatic rings. The molecule has 0 spiro atoms. The number of hydrogen-bond acceptors (Lipinski definition) is 3. The first-order valence-corrected chi connectivity index (χ1v) is 6.43. The molecule has 0 amide bonds. The fourth-order valence-electron chi connectivity index (χ4n) is 2.04. The number of nitro benzene ring substituents is 1. The third-order valence-electron chi connectivity index (χ3n) is 3.04. The van der Waals surface area contributed by atoms with Gasteiger partial charge in [-0.3, -0.25) is 10.1 Å². The molecule has 0 saturated heterocycles. The fraction of sp³-hybridized carbons (Fsp3) is 0.571. The van der Waals surface area contributed by atoms with E-state index in [2.05, 4.69) is 26.1 Å². The van der Waals surface area contributed by atoms with E-state index in [1.165, 1.54) is 0 Å². The Morgan fingerprint density at radius 1 is 1.28 bits per heavy atom. The Labute approximate surface area is 109 Å². The highest BCUT2D eigenvalue weighted by Crippen LogP contribution is 2.13. The zero-order valence-corrected chi connectivity index (χ0v) is 11.4. The summed E-state index contributed by atoms with van der Waals surface area (Å²) in [6, 6.07) is 6.78. The Hall–Kier alpha value is -1.42. The molecule has 0 aliphatic carbocycles. The molecular formula is C14H22N2O2. The molecule has 0 radical (unpaired) electrons. The first-order chi connectivity index (χ1) is 8.44. The zero-order chi connectivity index (χ0) is 13.6. The largest absolute Gasteiger partial charge is 0.311 e. The molecule has 0 unspecified atom stereocenters. The van der Waals surface area contributed by atoms with Gasteiger partial charge in [-0.05, 0) is 38.8 Å². The summed E-state index contributed by atoms with van der Waals surface area (Å²) in [6.07, 6.45) is 3.20. The monoisotopic (exact) mass is 250 g/mol. The molecule has 1 aromatic carbocycles. The van der Waals surface area contributed by atoms with Gasteiger partial charge in [0.15, 0.2) is 0 Å². The summed E-state index contributed by atoms with van der Waals surface area (Å²) in [4.78, 5) is 10.2. The quantitative estimate of drug-likeness (QED) is 0.596. The maximum atomic E-state index is 10.5. The topological polar surface area (TPSA) is 55.2 Å². The first-order valence-electron chi connectivity index (χ1n) is 6.43. The van der Waals surface area contributed by atoms with Gasteiger partial charge in [-0.25, -0.2) is 0 Å². The molecule has 18 heavy (non-hydrogen) atoms. The van der Waals surface area contributed by atoms with Gasteiger partial charge in [0.2, 0.25) is 0 Å². The van der Waals surface area contributed by atoms with E-state index >= 15 is 0 Å². The highest BCUT2D eigenvalue weighted by Gasteiger charge is 2.14. The molecule has 0 aliphatic heterocycles. The van der Waals surface area contributed by atoms with Crippen LogP contribution >= 0.6 is 0 Å². The normalized spacial score (nSPS) is 11.5. The van der Waals surface area contributed by atoms with E-state index in [1.807, 2.05) is 12.1 Å². The second-order valence-corrected chi connectivity index (χ2v) is 5.23. The van der Waals surface area contributed by atoms with Crippen molar-refractivity contribution in [2.75, 3.05) is 6.54 Å². The van der Waals surface area contributed by atoms with Crippen LogP contribution in [0.25, 0.3) is 0 Å². The number of nitrogens with one attached hydrogen (secondary N) is 1. The predicted octanol–water partition coefficient (Wildman–Crippen LogP) is 3.31. The summed E-state index contributed by atoms with van der Waals surface area (Å²) < 4.78 is 0. The van der Waals surface area contributed by atoms with E-state index in [9.17, 15) is 10.1 Å². The van der Waals surface area contributed by atoms with Gasteiger partial charge in [-0.1, -0.05) is 25.5 Å². The van der Waals surface area contributed by atoms with Gasteiger partial charge in [0.05, 0.1) is 4.92 Å². The van der Waals surface area contributed by atoms with Crippen LogP contribution < -0.4 is 5.32 Å². The van der Waals surface area contributed by atoms with Gasteiger partial charge in [-0.15, -0.1) is 0 Å². The van der Waals surface area contributed by atoms with Crippen molar-refractivity contribution in [2.24, 2.45) is 0 Å². The highest BCUT2D eigenvalue weighted by molar-refractivity contribution is 5.32. The number of nitro groups is 1. The van der Waals surface area contributed by atoms with Crippen LogP contribution in [0.2, 0.25) is 0 Å². The number of benzene rings is 1. The molecule has 0 bridgehead atoms. The van der Waals surface area contributed by atoms with Crippen LogP contribution in [-0.2, 0) is 6.42 Å². The number of rotatable bonds is 7. The Morgan fingerprint density at radius 2 is 1.89 bits per heavy atom. The lowest BCUT2D eigenvalue weighted by atomic mass is 9.98. The van der Waals surface area contributed by atoms with E-state index in [4.69, 9.17) is 0 Å². The summed E-state index contributed by atoms with van der Waals surface area (Å²) in [5, 5.41) is 14.0. The minimum absolute atomic E-state index is 0.151. The molecule has 0 fully saturated rings. The molecule has 0 atom stereocenters. The van der Waals surface area contributed by atoms with Crippen LogP contribution in [0.5, 0.6) is 0 Å². The molecule has 100 valence electrons. The van der Waals surface area contributed by atoms with Crippen molar-refractivity contribution in [3.63, 3.8) is 0 Å². The van der Waals surface area contributed by atoms with Crippen molar-refractivity contribution in [2.45, 2.75) is 45.6 Å². The van der Waals surface area contributed by atoms with E-state index in [0.29, 0.717) is 0 Å². The standard InChI is InChI=1S/C14H22N2O2/c1-4-10-14(2,3)15-11-9-12-5-7-13(8-6-12)16(17)18/h5-8,15H,4,9-11H2,1-3H3. The predicted molar refractivity (Wildman–Crippen MR) is 73.8 cm³/mol. The minimum Gasteiger partial charge on any atom is -0.311 e. The number of hydrogen-bond donors (Lipinski definition) is 1. The molecule has 1 rings (SSSR count). The van der Waals surface area contributed by atoms with Crippen LogP contribution in [0.3, 0.4) is 0 Å². The maximum Gasteiger partial charge on any atom is 0.269 e. The zero-order valence-electron chi connectivity index (χ0n) is 11.4. The summed E-state index contributed by atoms with van der Waals surface area (Å²) >= 11 is 0. The summed E-state index contributed by atoms with van der Waals surface area (Å²) in [6.45, 7) is 7.48. The van der Waals surface area contributed by atoms with Crippen molar-refractivity contribution in [3.8, 4) is 0 Å². The van der Waals surface area contributed by atoms with Gasteiger partial charge >= 0.3 is 0 Å². The van der Waals surface area contributed by atoms with E-state index < -0.39 is 0 Å². The second-order valence-electron chi connectivity index (χ2n) is 5.23. The van der Waals surface area contributed by atoms with Crippen molar-refractivity contribution in [3.05, 3.63) is 39.9 Å². The van der Waals surface area contributed by atoms with E-state index in [-0.39, 0.29) is 16.1 Å². The minimum atomic E-state index is -0.369.